The fourth-order valence-electron chi connectivity index (χ4n) is 5.49. The molecule has 0 unspecified atom stereocenters. The number of fused-ring (bicyclic) bond motifs is 8. The van der Waals surface area contributed by atoms with Crippen LogP contribution in [0, 0.1) is 40.9 Å². The fraction of sp³-hybridized carbons (Fsp3) is 1.00. The van der Waals surface area contributed by atoms with E-state index in [9.17, 15) is 0 Å². The van der Waals surface area contributed by atoms with Crippen molar-refractivity contribution in [3.05, 3.63) is 0 Å². The van der Waals surface area contributed by atoms with Gasteiger partial charge in [-0.1, -0.05) is 13.8 Å². The van der Waals surface area contributed by atoms with Gasteiger partial charge < -0.3 is 0 Å². The third-order valence-corrected chi connectivity index (χ3v) is 5.87. The zero-order chi connectivity index (χ0) is 8.09. The summed E-state index contributed by atoms with van der Waals surface area (Å²) in [6, 6.07) is 0. The highest BCUT2D eigenvalue weighted by atomic mass is 14.8. The Labute approximate surface area is 74.7 Å². The van der Waals surface area contributed by atoms with Gasteiger partial charge in [-0.2, -0.15) is 0 Å². The van der Waals surface area contributed by atoms with E-state index in [0.29, 0.717) is 0 Å². The van der Waals surface area contributed by atoms with Crippen molar-refractivity contribution in [3.63, 3.8) is 0 Å². The highest BCUT2D eigenvalue weighted by Gasteiger charge is 2.78. The zero-order valence-electron chi connectivity index (χ0n) is 8.09. The molecule has 6 atom stereocenters. The molecule has 4 aliphatic rings. The Morgan fingerprint density at radius 3 is 1.92 bits per heavy atom. The molecule has 0 spiro atoms. The maximum Gasteiger partial charge on any atom is -0.0286 e. The number of hydrogen-bond acceptors (Lipinski definition) is 0. The molecule has 0 aromatic heterocycles. The lowest BCUT2D eigenvalue weighted by molar-refractivity contribution is 0.0851. The largest absolute Gasteiger partial charge is 0.0593 e. The molecule has 0 aromatic carbocycles. The van der Waals surface area contributed by atoms with E-state index >= 15 is 0 Å². The maximum absolute atomic E-state index is 2.51. The van der Waals surface area contributed by atoms with Crippen LogP contribution in [0.5, 0.6) is 0 Å². The summed E-state index contributed by atoms with van der Waals surface area (Å²) < 4.78 is 0. The first-order valence-electron chi connectivity index (χ1n) is 5.71. The Bertz CT molecular complexity index is 229. The topological polar surface area (TPSA) is 0 Å². The van der Waals surface area contributed by atoms with Gasteiger partial charge in [0.05, 0.1) is 0 Å². The molecule has 0 saturated heterocycles. The molecule has 0 aliphatic heterocycles. The van der Waals surface area contributed by atoms with Gasteiger partial charge in [0.15, 0.2) is 0 Å². The standard InChI is InChI=1S/C12H18/c1-12(2)10-8-6-3-4-7(5-6)9(8)11(10)12/h6-11H,3-5H2,1-2H3/t6-,7+,8+,9-,10-,11+. The average molecular weight is 162 g/mol. The minimum atomic E-state index is 0.774. The molecule has 66 valence electrons. The van der Waals surface area contributed by atoms with Crippen molar-refractivity contribution >= 4 is 0 Å². The maximum atomic E-state index is 2.51. The molecule has 0 radical (unpaired) electrons. The van der Waals surface area contributed by atoms with E-state index in [1.807, 2.05) is 0 Å². The Hall–Kier alpha value is 0. The van der Waals surface area contributed by atoms with Crippen LogP contribution in [0.2, 0.25) is 0 Å². The van der Waals surface area contributed by atoms with Crippen molar-refractivity contribution in [1.82, 2.24) is 0 Å². The van der Waals surface area contributed by atoms with Gasteiger partial charge in [-0.3, -0.25) is 0 Å². The monoisotopic (exact) mass is 162 g/mol. The molecule has 0 N–H and O–H groups in total. The van der Waals surface area contributed by atoms with Gasteiger partial charge in [0.2, 0.25) is 0 Å². The van der Waals surface area contributed by atoms with Crippen molar-refractivity contribution in [2.45, 2.75) is 33.1 Å². The van der Waals surface area contributed by atoms with Gasteiger partial charge >= 0.3 is 0 Å². The Balaban J connectivity index is 1.74. The van der Waals surface area contributed by atoms with Crippen molar-refractivity contribution in [2.75, 3.05) is 0 Å². The van der Waals surface area contributed by atoms with Crippen molar-refractivity contribution in [3.8, 4) is 0 Å². The summed E-state index contributed by atoms with van der Waals surface area (Å²) in [5.74, 6) is 7.15. The van der Waals surface area contributed by atoms with E-state index < -0.39 is 0 Å². The second-order valence-corrected chi connectivity index (χ2v) is 6.36. The fourth-order valence-corrected chi connectivity index (χ4v) is 5.49. The number of rotatable bonds is 0. The molecule has 2 bridgehead atoms. The molecule has 0 amide bonds. The smallest absolute Gasteiger partial charge is 0.0286 e. The summed E-state index contributed by atoms with van der Waals surface area (Å²) >= 11 is 0. The second-order valence-electron chi connectivity index (χ2n) is 6.36. The van der Waals surface area contributed by atoms with E-state index in [2.05, 4.69) is 13.8 Å². The third kappa shape index (κ3) is 0.438. The molecule has 0 nitrogen and oxygen atoms in total. The zero-order valence-corrected chi connectivity index (χ0v) is 8.09. The normalized spacial score (nSPS) is 68.5. The average Bonchev–Trinajstić information content (AvgIpc) is 2.28. The summed E-state index contributed by atoms with van der Waals surface area (Å²) in [7, 11) is 0. The van der Waals surface area contributed by atoms with Crippen LogP contribution in [0.3, 0.4) is 0 Å². The van der Waals surface area contributed by atoms with E-state index in [1.165, 1.54) is 35.5 Å². The molecule has 12 heavy (non-hydrogen) atoms. The summed E-state index contributed by atoms with van der Waals surface area (Å²) in [5, 5.41) is 0. The van der Waals surface area contributed by atoms with Crippen LogP contribution in [-0.4, -0.2) is 0 Å². The summed E-state index contributed by atoms with van der Waals surface area (Å²) in [6.45, 7) is 5.03. The lowest BCUT2D eigenvalue weighted by atomic mass is 9.66. The molecule has 4 saturated carbocycles. The van der Waals surface area contributed by atoms with Crippen LogP contribution in [-0.2, 0) is 0 Å². The molecule has 0 aromatic rings. The van der Waals surface area contributed by atoms with Crippen LogP contribution in [0.15, 0.2) is 0 Å². The Morgan fingerprint density at radius 2 is 1.42 bits per heavy atom. The minimum absolute atomic E-state index is 0.774. The minimum Gasteiger partial charge on any atom is -0.0593 e. The van der Waals surface area contributed by atoms with Crippen LogP contribution >= 0.6 is 0 Å². The molecular formula is C12H18. The van der Waals surface area contributed by atoms with Crippen LogP contribution < -0.4 is 0 Å². The molecule has 4 fully saturated rings. The predicted molar refractivity (Wildman–Crippen MR) is 48.6 cm³/mol. The van der Waals surface area contributed by atoms with Crippen LogP contribution in [0.25, 0.3) is 0 Å². The van der Waals surface area contributed by atoms with Gasteiger partial charge in [0.25, 0.3) is 0 Å². The summed E-state index contributed by atoms with van der Waals surface area (Å²) in [4.78, 5) is 0. The van der Waals surface area contributed by atoms with Gasteiger partial charge in [-0.25, -0.2) is 0 Å². The van der Waals surface area contributed by atoms with E-state index in [1.54, 1.807) is 19.3 Å². The first-order chi connectivity index (χ1) is 5.71. The van der Waals surface area contributed by atoms with Gasteiger partial charge in [0, 0.05) is 0 Å². The molecule has 0 heteroatoms. The quantitative estimate of drug-likeness (QED) is 0.514. The molecule has 0 heterocycles. The SMILES string of the molecule is CC1(C)[C@@H]2[C@H]3[C@@H]4CC[C@@H](C4)[C@H]3[C@@H]21. The molecule has 4 rings (SSSR count). The highest BCUT2D eigenvalue weighted by Crippen LogP contribution is 2.83. The predicted octanol–water partition coefficient (Wildman–Crippen LogP) is 2.93. The lowest BCUT2D eigenvalue weighted by Crippen LogP contribution is -2.34. The van der Waals surface area contributed by atoms with Crippen molar-refractivity contribution in [1.29, 1.82) is 0 Å². The molecular weight excluding hydrogens is 144 g/mol. The van der Waals surface area contributed by atoms with Crippen molar-refractivity contribution in [2.24, 2.45) is 40.9 Å². The first-order valence-corrected chi connectivity index (χ1v) is 5.71. The summed E-state index contributed by atoms with van der Waals surface area (Å²) in [5.41, 5.74) is 0.774. The Kier molecular flexibility index (Phi) is 0.811. The van der Waals surface area contributed by atoms with E-state index in [4.69, 9.17) is 0 Å². The highest BCUT2D eigenvalue weighted by molar-refractivity contribution is 5.26. The second kappa shape index (κ2) is 1.51. The molecule has 4 aliphatic carbocycles. The van der Waals surface area contributed by atoms with Crippen molar-refractivity contribution < 1.29 is 0 Å². The first kappa shape index (κ1) is 6.45. The van der Waals surface area contributed by atoms with Gasteiger partial charge in [0.1, 0.15) is 0 Å². The van der Waals surface area contributed by atoms with Gasteiger partial charge in [-0.05, 0) is 60.2 Å². The third-order valence-electron chi connectivity index (χ3n) is 5.87. The van der Waals surface area contributed by atoms with E-state index in [-0.39, 0.29) is 0 Å². The number of hydrogen-bond donors (Lipinski definition) is 0. The van der Waals surface area contributed by atoms with Crippen LogP contribution in [0.1, 0.15) is 33.1 Å². The van der Waals surface area contributed by atoms with Crippen LogP contribution in [0.4, 0.5) is 0 Å². The van der Waals surface area contributed by atoms with E-state index in [0.717, 1.165) is 5.41 Å². The Morgan fingerprint density at radius 1 is 0.917 bits per heavy atom. The van der Waals surface area contributed by atoms with Gasteiger partial charge in [-0.15, -0.1) is 0 Å². The summed E-state index contributed by atoms with van der Waals surface area (Å²) in [6.07, 6.45) is 4.80. The lowest BCUT2D eigenvalue weighted by Gasteiger charge is -2.39.